The molecule has 138 valence electrons. The van der Waals surface area contributed by atoms with Gasteiger partial charge in [0.25, 0.3) is 0 Å². The van der Waals surface area contributed by atoms with Gasteiger partial charge in [0.15, 0.2) is 0 Å². The fraction of sp³-hybridized carbons (Fsp3) is 0.833. The summed E-state index contributed by atoms with van der Waals surface area (Å²) in [5, 5.41) is 2.78. The van der Waals surface area contributed by atoms with Gasteiger partial charge in [0, 0.05) is 5.41 Å². The van der Waals surface area contributed by atoms with E-state index in [-0.39, 0.29) is 31.0 Å². The highest BCUT2D eigenvalue weighted by molar-refractivity contribution is 5.83. The van der Waals surface area contributed by atoms with Crippen LogP contribution in [0.25, 0.3) is 0 Å². The minimum atomic E-state index is -0.430. The number of amides is 1. The molecule has 0 radical (unpaired) electrons. The van der Waals surface area contributed by atoms with Crippen LogP contribution in [0.4, 0.5) is 0 Å². The lowest BCUT2D eigenvalue weighted by Gasteiger charge is -2.28. The second kappa shape index (κ2) is 9.64. The van der Waals surface area contributed by atoms with Crippen molar-refractivity contribution in [3.63, 3.8) is 0 Å². The molecule has 0 aliphatic heterocycles. The molecule has 0 saturated heterocycles. The normalized spacial score (nSPS) is 21.0. The summed E-state index contributed by atoms with van der Waals surface area (Å²) >= 11 is 0. The molecule has 6 nitrogen and oxygen atoms in total. The van der Waals surface area contributed by atoms with Crippen molar-refractivity contribution in [2.75, 3.05) is 19.8 Å². The summed E-state index contributed by atoms with van der Waals surface area (Å²) in [6.07, 6.45) is 3.89. The Balaban J connectivity index is 2.43. The lowest BCUT2D eigenvalue weighted by Crippen LogP contribution is -2.39. The maximum Gasteiger partial charge on any atom is 0.309 e. The number of carbonyl (C=O) groups excluding carboxylic acids is 3. The third-order valence-corrected chi connectivity index (χ3v) is 4.79. The van der Waals surface area contributed by atoms with Crippen molar-refractivity contribution < 1.29 is 23.9 Å². The minimum Gasteiger partial charge on any atom is -0.466 e. The van der Waals surface area contributed by atoms with Gasteiger partial charge < -0.3 is 14.8 Å². The summed E-state index contributed by atoms with van der Waals surface area (Å²) in [7, 11) is 0. The Hall–Kier alpha value is -1.59. The van der Waals surface area contributed by atoms with Gasteiger partial charge in [-0.1, -0.05) is 33.6 Å². The van der Waals surface area contributed by atoms with Crippen molar-refractivity contribution in [3.05, 3.63) is 0 Å². The van der Waals surface area contributed by atoms with Gasteiger partial charge in [-0.3, -0.25) is 14.4 Å². The lowest BCUT2D eigenvalue weighted by molar-refractivity contribution is -0.162. The Kier molecular flexibility index (Phi) is 8.22. The predicted octanol–water partition coefficient (Wildman–Crippen LogP) is 2.45. The lowest BCUT2D eigenvalue weighted by atomic mass is 9.79. The molecule has 2 unspecified atom stereocenters. The molecule has 0 bridgehead atoms. The zero-order valence-corrected chi connectivity index (χ0v) is 15.4. The SMILES string of the molecule is CCOC(=O)C1CCCCC1C(=O)OCCNC(=O)C(C)(C)CC. The number of ether oxygens (including phenoxy) is 2. The molecule has 1 aliphatic rings. The zero-order valence-electron chi connectivity index (χ0n) is 15.4. The van der Waals surface area contributed by atoms with Crippen molar-refractivity contribution in [1.29, 1.82) is 0 Å². The number of nitrogens with one attached hydrogen (secondary N) is 1. The van der Waals surface area contributed by atoms with Crippen LogP contribution in [-0.4, -0.2) is 37.6 Å². The van der Waals surface area contributed by atoms with Crippen LogP contribution in [-0.2, 0) is 23.9 Å². The molecule has 1 N–H and O–H groups in total. The number of hydrogen-bond acceptors (Lipinski definition) is 5. The number of rotatable bonds is 8. The quantitative estimate of drug-likeness (QED) is 0.542. The van der Waals surface area contributed by atoms with E-state index >= 15 is 0 Å². The Morgan fingerprint density at radius 1 is 1.00 bits per heavy atom. The molecule has 0 aromatic carbocycles. The van der Waals surface area contributed by atoms with E-state index in [1.807, 2.05) is 20.8 Å². The Labute approximate surface area is 144 Å². The molecule has 1 amide bonds. The summed E-state index contributed by atoms with van der Waals surface area (Å²) in [5.41, 5.74) is -0.428. The molecule has 0 spiro atoms. The van der Waals surface area contributed by atoms with E-state index in [0.717, 1.165) is 19.3 Å². The van der Waals surface area contributed by atoms with Crippen molar-refractivity contribution in [1.82, 2.24) is 5.32 Å². The molecule has 1 aliphatic carbocycles. The van der Waals surface area contributed by atoms with Gasteiger partial charge >= 0.3 is 11.9 Å². The van der Waals surface area contributed by atoms with Crippen LogP contribution in [0.3, 0.4) is 0 Å². The number of esters is 2. The van der Waals surface area contributed by atoms with Gasteiger partial charge in [-0.25, -0.2) is 0 Å². The second-order valence-electron chi connectivity index (χ2n) is 6.91. The number of hydrogen-bond donors (Lipinski definition) is 1. The van der Waals surface area contributed by atoms with Crippen LogP contribution in [0.1, 0.15) is 59.8 Å². The molecule has 0 aromatic heterocycles. The maximum absolute atomic E-state index is 12.3. The van der Waals surface area contributed by atoms with Crippen LogP contribution in [0.15, 0.2) is 0 Å². The fourth-order valence-corrected chi connectivity index (χ4v) is 2.77. The van der Waals surface area contributed by atoms with Crippen LogP contribution in [0.5, 0.6) is 0 Å². The first-order valence-corrected chi connectivity index (χ1v) is 8.95. The van der Waals surface area contributed by atoms with Crippen molar-refractivity contribution >= 4 is 17.8 Å². The standard InChI is InChI=1S/C18H31NO5/c1-5-18(3,4)17(22)19-11-12-24-16(21)14-10-8-7-9-13(14)15(20)23-6-2/h13-14H,5-12H2,1-4H3,(H,19,22). The predicted molar refractivity (Wildman–Crippen MR) is 90.1 cm³/mol. The zero-order chi connectivity index (χ0) is 18.2. The highest BCUT2D eigenvalue weighted by atomic mass is 16.5. The van der Waals surface area contributed by atoms with Crippen molar-refractivity contribution in [3.8, 4) is 0 Å². The second-order valence-corrected chi connectivity index (χ2v) is 6.91. The average molecular weight is 341 g/mol. The maximum atomic E-state index is 12.3. The molecule has 0 heterocycles. The van der Waals surface area contributed by atoms with Crippen molar-refractivity contribution in [2.45, 2.75) is 59.8 Å². The smallest absolute Gasteiger partial charge is 0.309 e. The third-order valence-electron chi connectivity index (χ3n) is 4.79. The molecule has 24 heavy (non-hydrogen) atoms. The van der Waals surface area contributed by atoms with Crippen molar-refractivity contribution in [2.24, 2.45) is 17.3 Å². The molecule has 1 rings (SSSR count). The molecule has 0 aromatic rings. The fourth-order valence-electron chi connectivity index (χ4n) is 2.77. The number of carbonyl (C=O) groups is 3. The molecule has 1 fully saturated rings. The van der Waals surface area contributed by atoms with Crippen LogP contribution >= 0.6 is 0 Å². The Morgan fingerprint density at radius 3 is 2.04 bits per heavy atom. The molecular weight excluding hydrogens is 310 g/mol. The van der Waals surface area contributed by atoms with E-state index in [1.165, 1.54) is 0 Å². The van der Waals surface area contributed by atoms with Gasteiger partial charge in [-0.2, -0.15) is 0 Å². The van der Waals surface area contributed by atoms with Gasteiger partial charge in [0.05, 0.1) is 25.0 Å². The molecular formula is C18H31NO5. The van der Waals surface area contributed by atoms with E-state index < -0.39 is 17.3 Å². The minimum absolute atomic E-state index is 0.0527. The van der Waals surface area contributed by atoms with Gasteiger partial charge in [0.1, 0.15) is 6.61 Å². The van der Waals surface area contributed by atoms with Gasteiger partial charge in [-0.15, -0.1) is 0 Å². The largest absolute Gasteiger partial charge is 0.466 e. The summed E-state index contributed by atoms with van der Waals surface area (Å²) < 4.78 is 10.3. The van der Waals surface area contributed by atoms with Crippen LogP contribution in [0.2, 0.25) is 0 Å². The summed E-state index contributed by atoms with van der Waals surface area (Å²) in [6, 6.07) is 0. The average Bonchev–Trinajstić information content (AvgIpc) is 2.58. The van der Waals surface area contributed by atoms with E-state index in [9.17, 15) is 14.4 Å². The van der Waals surface area contributed by atoms with Crippen LogP contribution < -0.4 is 5.32 Å². The van der Waals surface area contributed by atoms with Crippen LogP contribution in [0, 0.1) is 17.3 Å². The highest BCUT2D eigenvalue weighted by Crippen LogP contribution is 2.32. The van der Waals surface area contributed by atoms with E-state index in [2.05, 4.69) is 5.32 Å². The topological polar surface area (TPSA) is 81.7 Å². The first-order valence-electron chi connectivity index (χ1n) is 8.95. The van der Waals surface area contributed by atoms with Gasteiger partial charge in [0.2, 0.25) is 5.91 Å². The molecule has 1 saturated carbocycles. The third kappa shape index (κ3) is 5.80. The summed E-state index contributed by atoms with van der Waals surface area (Å²) in [5.74, 6) is -1.56. The first kappa shape index (κ1) is 20.5. The van der Waals surface area contributed by atoms with E-state index in [0.29, 0.717) is 19.4 Å². The van der Waals surface area contributed by atoms with E-state index in [1.54, 1.807) is 6.92 Å². The van der Waals surface area contributed by atoms with E-state index in [4.69, 9.17) is 9.47 Å². The summed E-state index contributed by atoms with van der Waals surface area (Å²) in [4.78, 5) is 36.2. The summed E-state index contributed by atoms with van der Waals surface area (Å²) in [6.45, 7) is 8.19. The highest BCUT2D eigenvalue weighted by Gasteiger charge is 2.37. The first-order chi connectivity index (χ1) is 11.3. The molecule has 6 heteroatoms. The molecule has 2 atom stereocenters. The Morgan fingerprint density at radius 2 is 1.54 bits per heavy atom. The van der Waals surface area contributed by atoms with Gasteiger partial charge in [-0.05, 0) is 26.2 Å². The monoisotopic (exact) mass is 341 g/mol. The Bertz CT molecular complexity index is 447.